The second kappa shape index (κ2) is 9.42. The molecule has 2 aromatic rings. The first kappa shape index (κ1) is 17.6. The van der Waals surface area contributed by atoms with Crippen LogP contribution in [0.4, 0.5) is 0 Å². The average molecular weight is 328 g/mol. The van der Waals surface area contributed by atoms with Crippen molar-refractivity contribution in [2.45, 2.75) is 13.0 Å². The minimum absolute atomic E-state index is 0.181. The lowest BCUT2D eigenvalue weighted by atomic mass is 10.2. The quantitative estimate of drug-likeness (QED) is 0.594. The van der Waals surface area contributed by atoms with E-state index in [2.05, 4.69) is 10.3 Å². The number of hydrogen-bond acceptors (Lipinski definition) is 5. The number of hydrogen-bond donors (Lipinski definition) is 1. The SMILES string of the molecule is COCCCNC(=O)c1cc(C(=O)OCc2ccccc2)ccn1. The van der Waals surface area contributed by atoms with Crippen LogP contribution in [-0.4, -0.2) is 37.1 Å². The van der Waals surface area contributed by atoms with Crippen LogP contribution in [0.25, 0.3) is 0 Å². The standard InChI is InChI=1S/C18H20N2O4/c1-23-11-5-9-20-17(21)16-12-15(8-10-19-16)18(22)24-13-14-6-3-2-4-7-14/h2-4,6-8,10,12H,5,9,11,13H2,1H3,(H,20,21). The third-order valence-corrected chi connectivity index (χ3v) is 3.25. The van der Waals surface area contributed by atoms with E-state index >= 15 is 0 Å². The van der Waals surface area contributed by atoms with E-state index in [9.17, 15) is 9.59 Å². The van der Waals surface area contributed by atoms with E-state index in [4.69, 9.17) is 9.47 Å². The van der Waals surface area contributed by atoms with E-state index in [-0.39, 0.29) is 18.2 Å². The number of ether oxygens (including phenoxy) is 2. The highest BCUT2D eigenvalue weighted by Crippen LogP contribution is 2.07. The maximum absolute atomic E-state index is 12.1. The molecule has 0 unspecified atom stereocenters. The Hall–Kier alpha value is -2.73. The number of nitrogens with one attached hydrogen (secondary N) is 1. The summed E-state index contributed by atoms with van der Waals surface area (Å²) in [5.74, 6) is -0.821. The lowest BCUT2D eigenvalue weighted by Gasteiger charge is -2.07. The molecule has 6 nitrogen and oxygen atoms in total. The van der Waals surface area contributed by atoms with Crippen LogP contribution < -0.4 is 5.32 Å². The summed E-state index contributed by atoms with van der Waals surface area (Å²) in [6, 6.07) is 12.3. The van der Waals surface area contributed by atoms with E-state index in [1.54, 1.807) is 7.11 Å². The molecule has 0 saturated heterocycles. The van der Waals surface area contributed by atoms with Crippen LogP contribution in [0.2, 0.25) is 0 Å². The average Bonchev–Trinajstić information content (AvgIpc) is 2.64. The monoisotopic (exact) mass is 328 g/mol. The van der Waals surface area contributed by atoms with Crippen molar-refractivity contribution in [2.24, 2.45) is 0 Å². The van der Waals surface area contributed by atoms with Crippen LogP contribution in [0, 0.1) is 0 Å². The smallest absolute Gasteiger partial charge is 0.338 e. The Morgan fingerprint density at radius 1 is 1.17 bits per heavy atom. The van der Waals surface area contributed by atoms with Gasteiger partial charge in [-0.25, -0.2) is 4.79 Å². The lowest BCUT2D eigenvalue weighted by molar-refractivity contribution is 0.0472. The van der Waals surface area contributed by atoms with E-state index in [1.807, 2.05) is 30.3 Å². The summed E-state index contributed by atoms with van der Waals surface area (Å²) in [5, 5.41) is 2.72. The molecular formula is C18H20N2O4. The van der Waals surface area contributed by atoms with Gasteiger partial charge in [0.05, 0.1) is 5.56 Å². The van der Waals surface area contributed by atoms with Gasteiger partial charge in [0.25, 0.3) is 5.91 Å². The minimum Gasteiger partial charge on any atom is -0.457 e. The number of aromatic nitrogens is 1. The second-order valence-electron chi connectivity index (χ2n) is 5.09. The minimum atomic E-state index is -0.491. The molecule has 0 atom stereocenters. The van der Waals surface area contributed by atoms with E-state index in [0.717, 1.165) is 5.56 Å². The fourth-order valence-corrected chi connectivity index (χ4v) is 2.00. The maximum atomic E-state index is 12.1. The van der Waals surface area contributed by atoms with Crippen LogP contribution >= 0.6 is 0 Å². The summed E-state index contributed by atoms with van der Waals surface area (Å²) in [6.07, 6.45) is 2.13. The normalized spacial score (nSPS) is 10.2. The van der Waals surface area contributed by atoms with Gasteiger partial charge in [-0.1, -0.05) is 30.3 Å². The fraction of sp³-hybridized carbons (Fsp3) is 0.278. The van der Waals surface area contributed by atoms with E-state index in [0.29, 0.717) is 25.1 Å². The van der Waals surface area contributed by atoms with Gasteiger partial charge in [-0.2, -0.15) is 0 Å². The zero-order valence-electron chi connectivity index (χ0n) is 13.5. The third-order valence-electron chi connectivity index (χ3n) is 3.25. The molecule has 126 valence electrons. The van der Waals surface area contributed by atoms with Gasteiger partial charge in [0.1, 0.15) is 12.3 Å². The Kier molecular flexibility index (Phi) is 6.91. The Labute approximate surface area is 140 Å². The number of nitrogens with zero attached hydrogens (tertiary/aromatic N) is 1. The summed E-state index contributed by atoms with van der Waals surface area (Å²) in [6.45, 7) is 1.23. The molecular weight excluding hydrogens is 308 g/mol. The van der Waals surface area contributed by atoms with Gasteiger partial charge in [0, 0.05) is 26.5 Å². The molecule has 1 aromatic carbocycles. The van der Waals surface area contributed by atoms with Gasteiger partial charge in [-0.05, 0) is 24.1 Å². The molecule has 0 spiro atoms. The highest BCUT2D eigenvalue weighted by atomic mass is 16.5. The van der Waals surface area contributed by atoms with Crippen LogP contribution in [-0.2, 0) is 16.1 Å². The van der Waals surface area contributed by atoms with Crippen molar-refractivity contribution >= 4 is 11.9 Å². The highest BCUT2D eigenvalue weighted by molar-refractivity contribution is 5.96. The zero-order chi connectivity index (χ0) is 17.2. The highest BCUT2D eigenvalue weighted by Gasteiger charge is 2.12. The number of esters is 1. The first-order valence-corrected chi connectivity index (χ1v) is 7.65. The van der Waals surface area contributed by atoms with E-state index < -0.39 is 5.97 Å². The van der Waals surface area contributed by atoms with Gasteiger partial charge in [0.15, 0.2) is 0 Å². The Morgan fingerprint density at radius 3 is 2.71 bits per heavy atom. The molecule has 6 heteroatoms. The molecule has 24 heavy (non-hydrogen) atoms. The lowest BCUT2D eigenvalue weighted by Crippen LogP contribution is -2.26. The molecule has 0 aliphatic rings. The largest absolute Gasteiger partial charge is 0.457 e. The Bertz CT molecular complexity index is 674. The number of benzene rings is 1. The number of carbonyl (C=O) groups excluding carboxylic acids is 2. The maximum Gasteiger partial charge on any atom is 0.338 e. The summed E-state index contributed by atoms with van der Waals surface area (Å²) < 4.78 is 10.2. The van der Waals surface area contributed by atoms with Crippen molar-refractivity contribution in [3.05, 3.63) is 65.5 Å². The van der Waals surface area contributed by atoms with Crippen LogP contribution in [0.1, 0.15) is 32.8 Å². The van der Waals surface area contributed by atoms with Crippen molar-refractivity contribution in [1.82, 2.24) is 10.3 Å². The first-order valence-electron chi connectivity index (χ1n) is 7.65. The first-order chi connectivity index (χ1) is 11.7. The van der Waals surface area contributed by atoms with Crippen LogP contribution in [0.3, 0.4) is 0 Å². The molecule has 0 saturated carbocycles. The molecule has 1 amide bonds. The molecule has 1 N–H and O–H groups in total. The Morgan fingerprint density at radius 2 is 1.96 bits per heavy atom. The van der Waals surface area contributed by atoms with Gasteiger partial charge >= 0.3 is 5.97 Å². The third kappa shape index (κ3) is 5.48. The predicted octanol–water partition coefficient (Wildman–Crippen LogP) is 2.20. The van der Waals surface area contributed by atoms with Crippen molar-refractivity contribution in [3.8, 4) is 0 Å². The fourth-order valence-electron chi connectivity index (χ4n) is 2.00. The van der Waals surface area contributed by atoms with Gasteiger partial charge in [-0.3, -0.25) is 9.78 Å². The van der Waals surface area contributed by atoms with Gasteiger partial charge in [-0.15, -0.1) is 0 Å². The summed E-state index contributed by atoms with van der Waals surface area (Å²) in [7, 11) is 1.61. The molecule has 0 fully saturated rings. The molecule has 1 aromatic heterocycles. The topological polar surface area (TPSA) is 77.5 Å². The van der Waals surface area contributed by atoms with Crippen molar-refractivity contribution in [3.63, 3.8) is 0 Å². The molecule has 0 bridgehead atoms. The van der Waals surface area contributed by atoms with Crippen LogP contribution in [0.15, 0.2) is 48.7 Å². The number of pyridine rings is 1. The molecule has 2 rings (SSSR count). The molecule has 1 heterocycles. The van der Waals surface area contributed by atoms with Gasteiger partial charge < -0.3 is 14.8 Å². The predicted molar refractivity (Wildman–Crippen MR) is 88.6 cm³/mol. The van der Waals surface area contributed by atoms with Crippen LogP contribution in [0.5, 0.6) is 0 Å². The Balaban J connectivity index is 1.91. The van der Waals surface area contributed by atoms with E-state index in [1.165, 1.54) is 18.3 Å². The second-order valence-corrected chi connectivity index (χ2v) is 5.09. The molecule has 0 aliphatic carbocycles. The summed E-state index contributed by atoms with van der Waals surface area (Å²) in [4.78, 5) is 28.1. The molecule has 0 aliphatic heterocycles. The van der Waals surface area contributed by atoms with Crippen molar-refractivity contribution < 1.29 is 19.1 Å². The number of amides is 1. The summed E-state index contributed by atoms with van der Waals surface area (Å²) >= 11 is 0. The summed E-state index contributed by atoms with van der Waals surface area (Å²) in [5.41, 5.74) is 1.38. The number of rotatable bonds is 8. The molecule has 0 radical (unpaired) electrons. The van der Waals surface area contributed by atoms with Crippen molar-refractivity contribution in [1.29, 1.82) is 0 Å². The van der Waals surface area contributed by atoms with Crippen molar-refractivity contribution in [2.75, 3.05) is 20.3 Å². The number of methoxy groups -OCH3 is 1. The van der Waals surface area contributed by atoms with Gasteiger partial charge in [0.2, 0.25) is 0 Å². The zero-order valence-corrected chi connectivity index (χ0v) is 13.5. The number of carbonyl (C=O) groups is 2.